The quantitative estimate of drug-likeness (QED) is 0.130. The molecule has 8 aromatic carbocycles. The number of hydrogen-bond acceptors (Lipinski definition) is 1. The van der Waals surface area contributed by atoms with Gasteiger partial charge in [-0.3, -0.25) is 0 Å². The number of rotatable bonds is 10. The normalized spacial score (nSPS) is 11.3. The molecule has 8 aromatic rings. The van der Waals surface area contributed by atoms with E-state index < -0.39 is 0 Å². The van der Waals surface area contributed by atoms with E-state index in [1.165, 1.54) is 44.2 Å². The molecule has 252 valence electrons. The summed E-state index contributed by atoms with van der Waals surface area (Å²) in [5.41, 5.74) is 14.7. The van der Waals surface area contributed by atoms with Gasteiger partial charge in [-0.25, -0.2) is 0 Å². The summed E-state index contributed by atoms with van der Waals surface area (Å²) in [6.45, 7) is 8.14. The highest BCUT2D eigenvalue weighted by Crippen LogP contribution is 2.41. The zero-order chi connectivity index (χ0) is 36.0. The summed E-state index contributed by atoms with van der Waals surface area (Å²) in [4.78, 5) is 2.35. The van der Waals surface area contributed by atoms with Gasteiger partial charge in [-0.05, 0) is 103 Å². The Labute approximate surface area is 312 Å². The van der Waals surface area contributed by atoms with Crippen LogP contribution in [0.25, 0.3) is 60.9 Å². The largest absolute Gasteiger partial charge is 0.310 e. The highest BCUT2D eigenvalue weighted by Gasteiger charge is 2.17. The summed E-state index contributed by atoms with van der Waals surface area (Å²) in [5.74, 6) is 0. The Morgan fingerprint density at radius 2 is 0.868 bits per heavy atom. The van der Waals surface area contributed by atoms with E-state index in [0.29, 0.717) is 0 Å². The highest BCUT2D eigenvalue weighted by molar-refractivity contribution is 5.97. The molecule has 0 N–H and O–H groups in total. The number of hydrogen-bond donors (Lipinski definition) is 0. The maximum atomic E-state index is 4.16. The molecule has 0 radical (unpaired) electrons. The second-order valence-electron chi connectivity index (χ2n) is 13.1. The molecule has 0 fully saturated rings. The van der Waals surface area contributed by atoms with E-state index >= 15 is 0 Å². The molecule has 0 aliphatic rings. The average molecular weight is 678 g/mol. The maximum absolute atomic E-state index is 4.16. The monoisotopic (exact) mass is 677 g/mol. The third-order valence-electron chi connectivity index (χ3n) is 9.85. The minimum absolute atomic E-state index is 1.02. The van der Waals surface area contributed by atoms with E-state index in [9.17, 15) is 0 Å². The first-order chi connectivity index (χ1) is 26.2. The van der Waals surface area contributed by atoms with Gasteiger partial charge < -0.3 is 4.90 Å². The van der Waals surface area contributed by atoms with Crippen LogP contribution < -0.4 is 4.90 Å². The van der Waals surface area contributed by atoms with Gasteiger partial charge >= 0.3 is 0 Å². The van der Waals surface area contributed by atoms with Crippen molar-refractivity contribution >= 4 is 33.4 Å². The van der Waals surface area contributed by atoms with Gasteiger partial charge in [-0.2, -0.15) is 0 Å². The summed E-state index contributed by atoms with van der Waals surface area (Å²) in [7, 11) is 0. The minimum atomic E-state index is 1.02. The molecule has 8 rings (SSSR count). The lowest BCUT2D eigenvalue weighted by atomic mass is 9.92. The SMILES string of the molecule is C=C/C=C(\C=C)c1ccc(N(c2ccc(-c3ccccc3)cc2)c2ccc(-c3cccc4ccccc34)cc2)cc1-c1ccc(-c2ccccc2)cc1. The first-order valence-electron chi connectivity index (χ1n) is 18.0. The first kappa shape index (κ1) is 33.2. The Balaban J connectivity index is 1.26. The van der Waals surface area contributed by atoms with Crippen LogP contribution in [0.15, 0.2) is 226 Å². The Kier molecular flexibility index (Phi) is 9.46. The molecule has 0 spiro atoms. The van der Waals surface area contributed by atoms with Gasteiger partial charge in [-0.1, -0.05) is 189 Å². The van der Waals surface area contributed by atoms with Crippen LogP contribution >= 0.6 is 0 Å². The summed E-state index contributed by atoms with van der Waals surface area (Å²) in [5, 5.41) is 2.49. The fraction of sp³-hybridized carbons (Fsp3) is 0. The smallest absolute Gasteiger partial charge is 0.0468 e. The predicted octanol–water partition coefficient (Wildman–Crippen LogP) is 14.7. The van der Waals surface area contributed by atoms with Crippen molar-refractivity contribution in [1.82, 2.24) is 0 Å². The molecule has 0 amide bonds. The maximum Gasteiger partial charge on any atom is 0.0468 e. The van der Waals surface area contributed by atoms with E-state index in [2.05, 4.69) is 212 Å². The molecule has 1 nitrogen and oxygen atoms in total. The van der Waals surface area contributed by atoms with Crippen molar-refractivity contribution in [3.63, 3.8) is 0 Å². The van der Waals surface area contributed by atoms with Crippen LogP contribution in [-0.4, -0.2) is 0 Å². The lowest BCUT2D eigenvalue weighted by Gasteiger charge is -2.27. The van der Waals surface area contributed by atoms with Crippen LogP contribution in [0, 0.1) is 0 Å². The van der Waals surface area contributed by atoms with Crippen molar-refractivity contribution in [2.45, 2.75) is 0 Å². The molecule has 53 heavy (non-hydrogen) atoms. The van der Waals surface area contributed by atoms with Crippen LogP contribution in [0.4, 0.5) is 17.1 Å². The highest BCUT2D eigenvalue weighted by atomic mass is 15.1. The average Bonchev–Trinajstić information content (AvgIpc) is 3.24. The third-order valence-corrected chi connectivity index (χ3v) is 9.85. The van der Waals surface area contributed by atoms with Crippen molar-refractivity contribution in [2.75, 3.05) is 4.90 Å². The number of benzene rings is 8. The summed E-state index contributed by atoms with van der Waals surface area (Å²) >= 11 is 0. The van der Waals surface area contributed by atoms with E-state index in [4.69, 9.17) is 0 Å². The molecule has 0 aliphatic heterocycles. The minimum Gasteiger partial charge on any atom is -0.310 e. The molecule has 0 saturated heterocycles. The van der Waals surface area contributed by atoms with Crippen LogP contribution in [0.1, 0.15) is 5.56 Å². The Morgan fingerprint density at radius 3 is 1.47 bits per heavy atom. The fourth-order valence-corrected chi connectivity index (χ4v) is 7.18. The molecular formula is C52H39N. The van der Waals surface area contributed by atoms with Crippen molar-refractivity contribution in [3.05, 3.63) is 231 Å². The van der Waals surface area contributed by atoms with Crippen LogP contribution in [-0.2, 0) is 0 Å². The van der Waals surface area contributed by atoms with Gasteiger partial charge in [0.25, 0.3) is 0 Å². The number of allylic oxidation sites excluding steroid dienone is 4. The molecule has 0 bridgehead atoms. The van der Waals surface area contributed by atoms with Crippen molar-refractivity contribution in [2.24, 2.45) is 0 Å². The van der Waals surface area contributed by atoms with Gasteiger partial charge in [0.2, 0.25) is 0 Å². The number of nitrogens with zero attached hydrogens (tertiary/aromatic N) is 1. The van der Waals surface area contributed by atoms with Gasteiger partial charge in [0.1, 0.15) is 0 Å². The third kappa shape index (κ3) is 6.89. The zero-order valence-electron chi connectivity index (χ0n) is 29.6. The topological polar surface area (TPSA) is 3.24 Å². The fourth-order valence-electron chi connectivity index (χ4n) is 7.18. The molecule has 0 unspecified atom stereocenters. The Bertz CT molecular complexity index is 2540. The van der Waals surface area contributed by atoms with Gasteiger partial charge in [0, 0.05) is 17.1 Å². The van der Waals surface area contributed by atoms with Crippen LogP contribution in [0.2, 0.25) is 0 Å². The molecule has 0 saturated carbocycles. The number of anilines is 3. The van der Waals surface area contributed by atoms with E-state index in [0.717, 1.165) is 39.3 Å². The van der Waals surface area contributed by atoms with Gasteiger partial charge in [0.15, 0.2) is 0 Å². The second-order valence-corrected chi connectivity index (χ2v) is 13.1. The van der Waals surface area contributed by atoms with Crippen molar-refractivity contribution in [3.8, 4) is 44.5 Å². The summed E-state index contributed by atoms with van der Waals surface area (Å²) in [6.07, 6.45) is 5.76. The molecule has 0 aliphatic carbocycles. The lowest BCUT2D eigenvalue weighted by molar-refractivity contribution is 1.28. The van der Waals surface area contributed by atoms with Crippen molar-refractivity contribution < 1.29 is 0 Å². The van der Waals surface area contributed by atoms with Gasteiger partial charge in [0.05, 0.1) is 0 Å². The summed E-state index contributed by atoms with van der Waals surface area (Å²) in [6, 6.07) is 69.5. The molecular weight excluding hydrogens is 639 g/mol. The second kappa shape index (κ2) is 15.1. The van der Waals surface area contributed by atoms with Gasteiger partial charge in [-0.15, -0.1) is 0 Å². The zero-order valence-corrected chi connectivity index (χ0v) is 29.6. The Hall–Kier alpha value is -6.96. The number of fused-ring (bicyclic) bond motifs is 1. The standard InChI is InChI=1S/C52H39N/c1-3-14-38(4-2)51-36-35-48(37-52(51)45-25-23-41(24-26-45)39-15-7-5-8-16-39)53(46-31-27-42(28-32-46)40-17-9-6-10-18-40)47-33-29-44(30-34-47)50-22-13-20-43-19-11-12-21-49(43)50/h3-37H,1-2H2/b38-14+. The van der Waals surface area contributed by atoms with E-state index in [-0.39, 0.29) is 0 Å². The lowest BCUT2D eigenvalue weighted by Crippen LogP contribution is -2.10. The molecule has 0 heterocycles. The van der Waals surface area contributed by atoms with E-state index in [1.807, 2.05) is 18.2 Å². The Morgan fingerprint density at radius 1 is 0.396 bits per heavy atom. The molecule has 0 aromatic heterocycles. The molecule has 0 atom stereocenters. The van der Waals surface area contributed by atoms with Crippen LogP contribution in [0.5, 0.6) is 0 Å². The van der Waals surface area contributed by atoms with Crippen LogP contribution in [0.3, 0.4) is 0 Å². The first-order valence-corrected chi connectivity index (χ1v) is 18.0. The summed E-state index contributed by atoms with van der Waals surface area (Å²) < 4.78 is 0. The molecule has 1 heteroatoms. The van der Waals surface area contributed by atoms with E-state index in [1.54, 1.807) is 0 Å². The predicted molar refractivity (Wildman–Crippen MR) is 229 cm³/mol. The van der Waals surface area contributed by atoms with Crippen molar-refractivity contribution in [1.29, 1.82) is 0 Å².